The van der Waals surface area contributed by atoms with Crippen molar-refractivity contribution in [2.75, 3.05) is 38.6 Å². The standard InChI is InChI=1S/C18H18N6O2/c19-12-13-11-14-17(21-15-3-1-2-4-23(15)18(14)25)24(16(13)20)6-5-22-7-9-26-10-8-22/h1-4,11,20H,5-10H2/p+1. The zero-order chi connectivity index (χ0) is 18.1. The summed E-state index contributed by atoms with van der Waals surface area (Å²) in [7, 11) is 0. The number of morpholine rings is 1. The second kappa shape index (κ2) is 6.71. The molecular weight excluding hydrogens is 332 g/mol. The lowest BCUT2D eigenvalue weighted by Gasteiger charge is -2.26. The van der Waals surface area contributed by atoms with Gasteiger partial charge in [-0.3, -0.25) is 14.1 Å². The van der Waals surface area contributed by atoms with Crippen molar-refractivity contribution >= 4 is 22.5 Å². The largest absolute Gasteiger partial charge is 0.379 e. The highest BCUT2D eigenvalue weighted by molar-refractivity contribution is 5.76. The van der Waals surface area contributed by atoms with Gasteiger partial charge in [-0.05, 0) is 18.2 Å². The van der Waals surface area contributed by atoms with Gasteiger partial charge in [-0.1, -0.05) is 11.1 Å². The van der Waals surface area contributed by atoms with E-state index >= 15 is 0 Å². The molecule has 1 aliphatic rings. The number of pyridine rings is 2. The molecule has 0 atom stereocenters. The van der Waals surface area contributed by atoms with E-state index in [-0.39, 0.29) is 11.1 Å². The molecule has 0 unspecified atom stereocenters. The van der Waals surface area contributed by atoms with Gasteiger partial charge in [0, 0.05) is 25.8 Å². The lowest BCUT2D eigenvalue weighted by molar-refractivity contribution is -0.658. The van der Waals surface area contributed by atoms with Crippen LogP contribution in [0.3, 0.4) is 0 Å². The van der Waals surface area contributed by atoms with Crippen molar-refractivity contribution in [2.24, 2.45) is 0 Å². The van der Waals surface area contributed by atoms with Gasteiger partial charge in [0.15, 0.2) is 0 Å². The van der Waals surface area contributed by atoms with Gasteiger partial charge < -0.3 is 10.5 Å². The third kappa shape index (κ3) is 2.77. The Hall–Kier alpha value is -3.02. The average Bonchev–Trinajstić information content (AvgIpc) is 2.68. The summed E-state index contributed by atoms with van der Waals surface area (Å²) in [5.41, 5.74) is 7.35. The molecule has 8 heteroatoms. The zero-order valence-electron chi connectivity index (χ0n) is 14.3. The summed E-state index contributed by atoms with van der Waals surface area (Å²) in [4.78, 5) is 19.8. The van der Waals surface area contributed by atoms with Gasteiger partial charge in [-0.15, -0.1) is 0 Å². The topological polar surface area (TPSA) is 101 Å². The van der Waals surface area contributed by atoms with Gasteiger partial charge >= 0.3 is 0 Å². The molecule has 132 valence electrons. The third-order valence-corrected chi connectivity index (χ3v) is 4.72. The number of hydrogen-bond donors (Lipinski definition) is 1. The number of anilines is 1. The van der Waals surface area contributed by atoms with E-state index < -0.39 is 0 Å². The number of nitrogen functional groups attached to an aromatic ring is 1. The van der Waals surface area contributed by atoms with Crippen molar-refractivity contribution in [2.45, 2.75) is 6.54 Å². The zero-order valence-corrected chi connectivity index (χ0v) is 14.3. The number of nitrogens with two attached hydrogens (primary N) is 1. The molecule has 1 aliphatic heterocycles. The number of nitrogens with zero attached hydrogens (tertiary/aromatic N) is 5. The molecule has 0 bridgehead atoms. The van der Waals surface area contributed by atoms with Crippen LogP contribution in [0.25, 0.3) is 16.7 Å². The summed E-state index contributed by atoms with van der Waals surface area (Å²) in [5.74, 6) is 0.334. The van der Waals surface area contributed by atoms with Gasteiger partial charge in [-0.25, -0.2) is 4.57 Å². The molecule has 0 radical (unpaired) electrons. The number of hydrogen-bond acceptors (Lipinski definition) is 6. The number of aromatic nitrogens is 3. The van der Waals surface area contributed by atoms with Gasteiger partial charge in [0.05, 0.1) is 19.8 Å². The molecule has 0 aliphatic carbocycles. The minimum atomic E-state index is -0.206. The molecule has 3 aromatic rings. The van der Waals surface area contributed by atoms with Crippen molar-refractivity contribution in [3.8, 4) is 6.07 Å². The predicted octanol–water partition coefficient (Wildman–Crippen LogP) is -0.0787. The Morgan fingerprint density at radius 2 is 2.15 bits per heavy atom. The van der Waals surface area contributed by atoms with E-state index in [1.807, 2.05) is 6.07 Å². The van der Waals surface area contributed by atoms with Crippen LogP contribution in [0.4, 0.5) is 5.82 Å². The quantitative estimate of drug-likeness (QED) is 0.523. The number of fused-ring (bicyclic) bond motifs is 2. The first-order valence-electron chi connectivity index (χ1n) is 8.52. The Balaban J connectivity index is 1.87. The van der Waals surface area contributed by atoms with E-state index in [0.29, 0.717) is 42.3 Å². The predicted molar refractivity (Wildman–Crippen MR) is 95.5 cm³/mol. The summed E-state index contributed by atoms with van der Waals surface area (Å²) in [5, 5.41) is 9.81. The third-order valence-electron chi connectivity index (χ3n) is 4.72. The SMILES string of the molecule is N#Cc1cc2c(=O)n3ccccc3nc2[n+](CCN2CCOCC2)c1N. The molecule has 2 N–H and O–H groups in total. The number of rotatable bonds is 3. The average molecular weight is 351 g/mol. The summed E-state index contributed by atoms with van der Waals surface area (Å²) >= 11 is 0. The number of nitriles is 1. The molecule has 1 saturated heterocycles. The van der Waals surface area contributed by atoms with Crippen LogP contribution in [0, 0.1) is 11.3 Å². The lowest BCUT2D eigenvalue weighted by Crippen LogP contribution is -2.47. The molecule has 3 aromatic heterocycles. The highest BCUT2D eigenvalue weighted by Crippen LogP contribution is 2.13. The van der Waals surface area contributed by atoms with Crippen LogP contribution in [0.1, 0.15) is 5.56 Å². The summed E-state index contributed by atoms with van der Waals surface area (Å²) in [6.07, 6.45) is 1.67. The molecule has 1 fully saturated rings. The van der Waals surface area contributed by atoms with E-state index in [1.165, 1.54) is 10.5 Å². The Kier molecular flexibility index (Phi) is 4.24. The minimum absolute atomic E-state index is 0.206. The van der Waals surface area contributed by atoms with E-state index in [9.17, 15) is 10.1 Å². The molecule has 0 saturated carbocycles. The van der Waals surface area contributed by atoms with Gasteiger partial charge in [0.2, 0.25) is 11.5 Å². The van der Waals surface area contributed by atoms with Gasteiger partial charge in [0.1, 0.15) is 17.0 Å². The fourth-order valence-electron chi connectivity index (χ4n) is 3.28. The monoisotopic (exact) mass is 351 g/mol. The molecule has 0 spiro atoms. The van der Waals surface area contributed by atoms with Crippen LogP contribution in [-0.2, 0) is 11.3 Å². The van der Waals surface area contributed by atoms with Gasteiger partial charge in [-0.2, -0.15) is 5.26 Å². The normalized spacial score (nSPS) is 15.3. The van der Waals surface area contributed by atoms with Crippen molar-refractivity contribution in [3.05, 3.63) is 46.4 Å². The Labute approximate surface area is 149 Å². The highest BCUT2D eigenvalue weighted by atomic mass is 16.5. The summed E-state index contributed by atoms with van der Waals surface area (Å²) in [6, 6.07) is 9.00. The van der Waals surface area contributed by atoms with Crippen LogP contribution in [0.5, 0.6) is 0 Å². The summed E-state index contributed by atoms with van der Waals surface area (Å²) < 4.78 is 8.63. The molecule has 4 rings (SSSR count). The second-order valence-electron chi connectivity index (χ2n) is 6.24. The van der Waals surface area contributed by atoms with E-state index in [1.54, 1.807) is 22.9 Å². The first-order valence-corrected chi connectivity index (χ1v) is 8.52. The first kappa shape index (κ1) is 16.4. The fraction of sp³-hybridized carbons (Fsp3) is 0.333. The lowest BCUT2D eigenvalue weighted by atomic mass is 10.2. The van der Waals surface area contributed by atoms with E-state index in [4.69, 9.17) is 10.5 Å². The molecular formula is C18H19N6O2+. The van der Waals surface area contributed by atoms with Gasteiger partial charge in [0.25, 0.3) is 11.2 Å². The smallest absolute Gasteiger partial charge is 0.278 e. The Morgan fingerprint density at radius 3 is 2.92 bits per heavy atom. The van der Waals surface area contributed by atoms with E-state index in [0.717, 1.165) is 19.6 Å². The minimum Gasteiger partial charge on any atom is -0.379 e. The first-order chi connectivity index (χ1) is 12.7. The Morgan fingerprint density at radius 1 is 1.35 bits per heavy atom. The summed E-state index contributed by atoms with van der Waals surface area (Å²) in [6.45, 7) is 4.43. The van der Waals surface area contributed by atoms with Crippen molar-refractivity contribution in [3.63, 3.8) is 0 Å². The maximum absolute atomic E-state index is 12.9. The van der Waals surface area contributed by atoms with Crippen LogP contribution in [-0.4, -0.2) is 47.1 Å². The van der Waals surface area contributed by atoms with Crippen molar-refractivity contribution in [1.82, 2.24) is 14.3 Å². The van der Waals surface area contributed by atoms with Crippen LogP contribution >= 0.6 is 0 Å². The van der Waals surface area contributed by atoms with Crippen LogP contribution < -0.4 is 15.9 Å². The molecule has 4 heterocycles. The maximum atomic E-state index is 12.9. The highest BCUT2D eigenvalue weighted by Gasteiger charge is 2.21. The van der Waals surface area contributed by atoms with E-state index in [2.05, 4.69) is 16.0 Å². The maximum Gasteiger partial charge on any atom is 0.278 e. The molecule has 8 nitrogen and oxygen atoms in total. The van der Waals surface area contributed by atoms with Crippen molar-refractivity contribution in [1.29, 1.82) is 5.26 Å². The Bertz CT molecular complexity index is 1080. The number of ether oxygens (including phenoxy) is 1. The molecule has 0 amide bonds. The molecule has 26 heavy (non-hydrogen) atoms. The second-order valence-corrected chi connectivity index (χ2v) is 6.24. The van der Waals surface area contributed by atoms with Crippen LogP contribution in [0.2, 0.25) is 0 Å². The molecule has 0 aromatic carbocycles. The van der Waals surface area contributed by atoms with Crippen molar-refractivity contribution < 1.29 is 9.30 Å². The fourth-order valence-corrected chi connectivity index (χ4v) is 3.28. The van der Waals surface area contributed by atoms with Crippen LogP contribution in [0.15, 0.2) is 35.3 Å².